The Bertz CT molecular complexity index is 499. The van der Waals surface area contributed by atoms with E-state index in [0.717, 1.165) is 50.7 Å². The Labute approximate surface area is 167 Å². The number of thiazole rings is 1. The van der Waals surface area contributed by atoms with Crippen molar-refractivity contribution in [2.75, 3.05) is 26.2 Å². The van der Waals surface area contributed by atoms with Crippen LogP contribution in [0.15, 0.2) is 10.4 Å². The molecule has 0 amide bonds. The molecule has 1 aromatic heterocycles. The van der Waals surface area contributed by atoms with Crippen molar-refractivity contribution in [3.05, 3.63) is 16.1 Å². The second kappa shape index (κ2) is 11.3. The van der Waals surface area contributed by atoms with E-state index in [-0.39, 0.29) is 24.0 Å². The molecule has 138 valence electrons. The molecular weight excluding hydrogens is 435 g/mol. The van der Waals surface area contributed by atoms with Crippen molar-refractivity contribution in [1.82, 2.24) is 15.2 Å². The van der Waals surface area contributed by atoms with E-state index >= 15 is 0 Å². The van der Waals surface area contributed by atoms with E-state index in [1.54, 1.807) is 11.3 Å². The third-order valence-corrected chi connectivity index (χ3v) is 5.13. The Morgan fingerprint density at radius 1 is 1.42 bits per heavy atom. The maximum Gasteiger partial charge on any atom is 0.194 e. The summed E-state index contributed by atoms with van der Waals surface area (Å²) in [6.07, 6.45) is 2.56. The summed E-state index contributed by atoms with van der Waals surface area (Å²) in [4.78, 5) is 11.8. The van der Waals surface area contributed by atoms with Crippen LogP contribution in [0.25, 0.3) is 0 Å². The van der Waals surface area contributed by atoms with Gasteiger partial charge in [-0.3, -0.25) is 0 Å². The summed E-state index contributed by atoms with van der Waals surface area (Å²) in [6.45, 7) is 12.9. The number of halogens is 1. The van der Waals surface area contributed by atoms with Gasteiger partial charge in [-0.2, -0.15) is 0 Å². The highest BCUT2D eigenvalue weighted by molar-refractivity contribution is 14.0. The summed E-state index contributed by atoms with van der Waals surface area (Å²) in [6, 6.07) is 0. The van der Waals surface area contributed by atoms with Gasteiger partial charge in [0.2, 0.25) is 0 Å². The number of likely N-dealkylation sites (tertiary alicyclic amines) is 1. The number of aliphatic imine (C=N–C) groups is 1. The molecule has 2 rings (SSSR count). The van der Waals surface area contributed by atoms with E-state index in [4.69, 9.17) is 9.73 Å². The van der Waals surface area contributed by atoms with E-state index in [9.17, 15) is 0 Å². The number of guanidine groups is 1. The van der Waals surface area contributed by atoms with Gasteiger partial charge in [-0.15, -0.1) is 35.3 Å². The molecule has 2 heterocycles. The second-order valence-electron chi connectivity index (χ2n) is 6.14. The molecule has 1 aliphatic rings. The minimum absolute atomic E-state index is 0. The first-order valence-corrected chi connectivity index (χ1v) is 9.61. The fourth-order valence-electron chi connectivity index (χ4n) is 2.71. The van der Waals surface area contributed by atoms with Crippen LogP contribution >= 0.6 is 35.3 Å². The molecule has 1 aliphatic heterocycles. The first kappa shape index (κ1) is 21.6. The van der Waals surface area contributed by atoms with Crippen LogP contribution in [-0.4, -0.2) is 48.2 Å². The monoisotopic (exact) mass is 466 g/mol. The number of nitrogens with one attached hydrogen (secondary N) is 1. The lowest BCUT2D eigenvalue weighted by Gasteiger charge is -2.34. The topological polar surface area (TPSA) is 49.8 Å². The Hall–Kier alpha value is -0.410. The van der Waals surface area contributed by atoms with E-state index in [1.807, 2.05) is 0 Å². The Kier molecular flexibility index (Phi) is 10.1. The predicted octanol–water partition coefficient (Wildman–Crippen LogP) is 3.85. The summed E-state index contributed by atoms with van der Waals surface area (Å²) in [5.74, 6) is 1.49. The fourth-order valence-corrected chi connectivity index (χ4v) is 3.54. The fraction of sp³-hybridized carbons (Fsp3) is 0.765. The molecule has 1 saturated heterocycles. The molecule has 0 radical (unpaired) electrons. The summed E-state index contributed by atoms with van der Waals surface area (Å²) in [5, 5.41) is 6.73. The van der Waals surface area contributed by atoms with Crippen LogP contribution in [0.3, 0.4) is 0 Å². The van der Waals surface area contributed by atoms with Crippen LogP contribution in [0.1, 0.15) is 57.2 Å². The molecule has 0 atom stereocenters. The number of hydrogen-bond acceptors (Lipinski definition) is 4. The van der Waals surface area contributed by atoms with Gasteiger partial charge < -0.3 is 15.0 Å². The maximum atomic E-state index is 5.73. The maximum absolute atomic E-state index is 5.73. The molecule has 0 bridgehead atoms. The van der Waals surface area contributed by atoms with Crippen LogP contribution < -0.4 is 5.32 Å². The van der Waals surface area contributed by atoms with E-state index < -0.39 is 0 Å². The van der Waals surface area contributed by atoms with Crippen LogP contribution in [-0.2, 0) is 11.3 Å². The van der Waals surface area contributed by atoms with E-state index in [0.29, 0.717) is 18.6 Å². The van der Waals surface area contributed by atoms with Crippen LogP contribution in [0, 0.1) is 0 Å². The second-order valence-corrected chi connectivity index (χ2v) is 7.03. The summed E-state index contributed by atoms with van der Waals surface area (Å²) in [5.41, 5.74) is 1.07. The largest absolute Gasteiger partial charge is 0.378 e. The minimum atomic E-state index is 0. The van der Waals surface area contributed by atoms with Crippen LogP contribution in [0.4, 0.5) is 0 Å². The molecule has 0 spiro atoms. The smallest absolute Gasteiger partial charge is 0.194 e. The van der Waals surface area contributed by atoms with Gasteiger partial charge in [-0.05, 0) is 26.7 Å². The van der Waals surface area contributed by atoms with Gasteiger partial charge in [-0.25, -0.2) is 9.98 Å². The van der Waals surface area contributed by atoms with Gasteiger partial charge in [0.25, 0.3) is 0 Å². The number of nitrogens with zero attached hydrogens (tertiary/aromatic N) is 3. The first-order chi connectivity index (χ1) is 11.1. The highest BCUT2D eigenvalue weighted by atomic mass is 127. The van der Waals surface area contributed by atoms with Crippen molar-refractivity contribution in [3.8, 4) is 0 Å². The molecular formula is C17H31IN4OS. The zero-order chi connectivity index (χ0) is 16.7. The zero-order valence-electron chi connectivity index (χ0n) is 15.2. The molecule has 0 unspecified atom stereocenters. The van der Waals surface area contributed by atoms with Gasteiger partial charge in [0.1, 0.15) is 0 Å². The highest BCUT2D eigenvalue weighted by Gasteiger charge is 2.21. The standard InChI is InChI=1S/C17H30N4OS.HI/c1-5-18-17(21-9-7-15(8-10-21)22-6-2)19-11-14-12-23-16(20-14)13(3)4;/h12-13,15H,5-11H2,1-4H3,(H,18,19);1H. The van der Waals surface area contributed by atoms with Crippen molar-refractivity contribution >= 4 is 41.3 Å². The number of aromatic nitrogens is 1. The van der Waals surface area contributed by atoms with Crippen LogP contribution in [0.2, 0.25) is 0 Å². The van der Waals surface area contributed by atoms with Crippen molar-refractivity contribution in [1.29, 1.82) is 0 Å². The van der Waals surface area contributed by atoms with Gasteiger partial charge in [0.05, 0.1) is 23.4 Å². The van der Waals surface area contributed by atoms with Gasteiger partial charge in [0.15, 0.2) is 5.96 Å². The van der Waals surface area contributed by atoms with Gasteiger partial charge in [0, 0.05) is 37.5 Å². The Morgan fingerprint density at radius 2 is 2.12 bits per heavy atom. The first-order valence-electron chi connectivity index (χ1n) is 8.73. The third-order valence-electron chi connectivity index (χ3n) is 3.93. The SMILES string of the molecule is CCNC(=NCc1csc(C(C)C)n1)N1CCC(OCC)CC1.I. The molecule has 0 aliphatic carbocycles. The quantitative estimate of drug-likeness (QED) is 0.393. The number of rotatable bonds is 6. The number of ether oxygens (including phenoxy) is 1. The number of piperidine rings is 1. The zero-order valence-corrected chi connectivity index (χ0v) is 18.4. The van der Waals surface area contributed by atoms with E-state index in [2.05, 4.69) is 48.3 Å². The molecule has 1 fully saturated rings. The lowest BCUT2D eigenvalue weighted by atomic mass is 10.1. The molecule has 1 N–H and O–H groups in total. The molecule has 0 aromatic carbocycles. The molecule has 24 heavy (non-hydrogen) atoms. The normalized spacial score (nSPS) is 16.4. The third kappa shape index (κ3) is 6.48. The summed E-state index contributed by atoms with van der Waals surface area (Å²) in [7, 11) is 0. The average molecular weight is 466 g/mol. The lowest BCUT2D eigenvalue weighted by molar-refractivity contribution is 0.0263. The average Bonchev–Trinajstić information content (AvgIpc) is 3.02. The van der Waals surface area contributed by atoms with Gasteiger partial charge >= 0.3 is 0 Å². The summed E-state index contributed by atoms with van der Waals surface area (Å²) >= 11 is 1.73. The Morgan fingerprint density at radius 3 is 2.67 bits per heavy atom. The van der Waals surface area contributed by atoms with Gasteiger partial charge in [-0.1, -0.05) is 13.8 Å². The molecule has 5 nitrogen and oxygen atoms in total. The van der Waals surface area contributed by atoms with Crippen molar-refractivity contribution < 1.29 is 4.74 Å². The van der Waals surface area contributed by atoms with Crippen molar-refractivity contribution in [2.24, 2.45) is 4.99 Å². The van der Waals surface area contributed by atoms with Crippen molar-refractivity contribution in [3.63, 3.8) is 0 Å². The Balaban J connectivity index is 0.00000288. The van der Waals surface area contributed by atoms with Crippen LogP contribution in [0.5, 0.6) is 0 Å². The minimum Gasteiger partial charge on any atom is -0.378 e. The van der Waals surface area contributed by atoms with Crippen molar-refractivity contribution in [2.45, 2.75) is 59.1 Å². The van der Waals surface area contributed by atoms with E-state index in [1.165, 1.54) is 5.01 Å². The highest BCUT2D eigenvalue weighted by Crippen LogP contribution is 2.20. The molecule has 7 heteroatoms. The molecule has 1 aromatic rings. The number of hydrogen-bond donors (Lipinski definition) is 1. The summed E-state index contributed by atoms with van der Waals surface area (Å²) < 4.78 is 5.73. The molecule has 0 saturated carbocycles. The predicted molar refractivity (Wildman–Crippen MR) is 113 cm³/mol. The lowest BCUT2D eigenvalue weighted by Crippen LogP contribution is -2.47.